The fourth-order valence-electron chi connectivity index (χ4n) is 4.28. The van der Waals surface area contributed by atoms with Gasteiger partial charge in [-0.15, -0.1) is 0 Å². The van der Waals surface area contributed by atoms with Crippen LogP contribution in [0.5, 0.6) is 0 Å². The van der Waals surface area contributed by atoms with Crippen molar-refractivity contribution in [1.29, 1.82) is 0 Å². The summed E-state index contributed by atoms with van der Waals surface area (Å²) in [6.45, 7) is 7.75. The van der Waals surface area contributed by atoms with Crippen molar-refractivity contribution in [2.45, 2.75) is 38.4 Å². The summed E-state index contributed by atoms with van der Waals surface area (Å²) in [5.41, 5.74) is 3.26. The SMILES string of the molecule is CC(CN(C)C)CC1(c2ccccc2)OC(C)(C)c2ccccc21. The number of hydrogen-bond donors (Lipinski definition) is 0. The Hall–Kier alpha value is -1.64. The molecule has 0 bridgehead atoms. The summed E-state index contributed by atoms with van der Waals surface area (Å²) in [4.78, 5) is 2.26. The molecule has 24 heavy (non-hydrogen) atoms. The van der Waals surface area contributed by atoms with E-state index in [1.54, 1.807) is 0 Å². The molecule has 0 aromatic heterocycles. The van der Waals surface area contributed by atoms with E-state index in [0.717, 1.165) is 13.0 Å². The molecule has 1 aliphatic heterocycles. The zero-order valence-corrected chi connectivity index (χ0v) is 15.5. The van der Waals surface area contributed by atoms with E-state index in [-0.39, 0.29) is 11.2 Å². The average Bonchev–Trinajstić information content (AvgIpc) is 2.76. The van der Waals surface area contributed by atoms with Crippen LogP contribution in [-0.2, 0) is 15.9 Å². The number of benzene rings is 2. The van der Waals surface area contributed by atoms with Gasteiger partial charge in [-0.1, -0.05) is 61.5 Å². The molecule has 2 aromatic carbocycles. The number of ether oxygens (including phenoxy) is 1. The Morgan fingerprint density at radius 2 is 1.50 bits per heavy atom. The van der Waals surface area contributed by atoms with E-state index in [1.165, 1.54) is 16.7 Å². The standard InChI is InChI=1S/C22H29NO/c1-17(16-23(4)5)15-22(18-11-7-6-8-12-18)20-14-10-9-13-19(20)21(2,3)24-22/h6-14,17H,15-16H2,1-5H3. The molecule has 2 atom stereocenters. The second-order valence-electron chi connectivity index (χ2n) is 7.92. The maximum absolute atomic E-state index is 6.83. The number of fused-ring (bicyclic) bond motifs is 1. The monoisotopic (exact) mass is 323 g/mol. The molecule has 0 N–H and O–H groups in total. The summed E-state index contributed by atoms with van der Waals surface area (Å²) in [6.07, 6.45) is 0.982. The van der Waals surface area contributed by atoms with Crippen molar-refractivity contribution in [2.75, 3.05) is 20.6 Å². The van der Waals surface area contributed by atoms with Crippen LogP contribution in [0.15, 0.2) is 54.6 Å². The van der Waals surface area contributed by atoms with E-state index in [0.29, 0.717) is 5.92 Å². The second-order valence-corrected chi connectivity index (χ2v) is 7.92. The summed E-state index contributed by atoms with van der Waals surface area (Å²) in [6, 6.07) is 19.5. The van der Waals surface area contributed by atoms with Crippen LogP contribution < -0.4 is 0 Å². The van der Waals surface area contributed by atoms with Gasteiger partial charge in [0.2, 0.25) is 0 Å². The second kappa shape index (κ2) is 6.34. The van der Waals surface area contributed by atoms with Gasteiger partial charge in [0.15, 0.2) is 0 Å². The van der Waals surface area contributed by atoms with E-state index >= 15 is 0 Å². The predicted octanol–water partition coefficient (Wildman–Crippen LogP) is 4.78. The Morgan fingerprint density at radius 3 is 2.12 bits per heavy atom. The molecule has 0 spiro atoms. The van der Waals surface area contributed by atoms with Gasteiger partial charge < -0.3 is 9.64 Å². The van der Waals surface area contributed by atoms with E-state index in [9.17, 15) is 0 Å². The van der Waals surface area contributed by atoms with E-state index in [1.807, 2.05) is 0 Å². The molecular weight excluding hydrogens is 294 g/mol. The van der Waals surface area contributed by atoms with Gasteiger partial charge in [0.05, 0.1) is 5.60 Å². The van der Waals surface area contributed by atoms with Gasteiger partial charge in [-0.3, -0.25) is 0 Å². The van der Waals surface area contributed by atoms with Gasteiger partial charge in [0.1, 0.15) is 5.60 Å². The van der Waals surface area contributed by atoms with Crippen molar-refractivity contribution in [3.63, 3.8) is 0 Å². The van der Waals surface area contributed by atoms with Crippen molar-refractivity contribution in [3.05, 3.63) is 71.3 Å². The molecule has 2 heteroatoms. The molecule has 3 rings (SSSR count). The first-order valence-electron chi connectivity index (χ1n) is 8.85. The third-order valence-electron chi connectivity index (χ3n) is 4.99. The van der Waals surface area contributed by atoms with Crippen LogP contribution >= 0.6 is 0 Å². The summed E-state index contributed by atoms with van der Waals surface area (Å²) >= 11 is 0. The minimum Gasteiger partial charge on any atom is -0.355 e. The largest absolute Gasteiger partial charge is 0.355 e. The Morgan fingerprint density at radius 1 is 0.917 bits per heavy atom. The summed E-state index contributed by atoms with van der Waals surface area (Å²) < 4.78 is 6.83. The zero-order valence-electron chi connectivity index (χ0n) is 15.5. The summed E-state index contributed by atoms with van der Waals surface area (Å²) in [7, 11) is 4.28. The van der Waals surface area contributed by atoms with Gasteiger partial charge in [-0.05, 0) is 57.0 Å². The lowest BCUT2D eigenvalue weighted by Gasteiger charge is -2.36. The van der Waals surface area contributed by atoms with Crippen LogP contribution in [0.2, 0.25) is 0 Å². The molecule has 0 radical (unpaired) electrons. The lowest BCUT2D eigenvalue weighted by atomic mass is 9.78. The molecule has 2 aromatic rings. The molecule has 0 aliphatic carbocycles. The third kappa shape index (κ3) is 3.01. The minimum atomic E-state index is -0.364. The van der Waals surface area contributed by atoms with E-state index in [2.05, 4.69) is 94.4 Å². The molecular formula is C22H29NO. The molecule has 1 aliphatic rings. The summed E-state index contributed by atoms with van der Waals surface area (Å²) in [5, 5.41) is 0. The van der Waals surface area contributed by atoms with Crippen molar-refractivity contribution >= 4 is 0 Å². The van der Waals surface area contributed by atoms with Crippen LogP contribution in [0.1, 0.15) is 43.9 Å². The van der Waals surface area contributed by atoms with Crippen molar-refractivity contribution in [3.8, 4) is 0 Å². The summed E-state index contributed by atoms with van der Waals surface area (Å²) in [5.74, 6) is 0.530. The van der Waals surface area contributed by atoms with Crippen molar-refractivity contribution in [2.24, 2.45) is 5.92 Å². The highest BCUT2D eigenvalue weighted by Crippen LogP contribution is 2.53. The van der Waals surface area contributed by atoms with Crippen LogP contribution in [-0.4, -0.2) is 25.5 Å². The Balaban J connectivity index is 2.11. The van der Waals surface area contributed by atoms with Gasteiger partial charge in [-0.2, -0.15) is 0 Å². The minimum absolute atomic E-state index is 0.274. The van der Waals surface area contributed by atoms with Crippen LogP contribution in [0.25, 0.3) is 0 Å². The Bertz CT molecular complexity index is 692. The molecule has 0 saturated heterocycles. The van der Waals surface area contributed by atoms with Gasteiger partial charge in [-0.25, -0.2) is 0 Å². The average molecular weight is 323 g/mol. The van der Waals surface area contributed by atoms with E-state index < -0.39 is 0 Å². The Kier molecular flexibility index (Phi) is 4.54. The predicted molar refractivity (Wildman–Crippen MR) is 100 cm³/mol. The lowest BCUT2D eigenvalue weighted by Crippen LogP contribution is -2.35. The van der Waals surface area contributed by atoms with Gasteiger partial charge in [0, 0.05) is 6.54 Å². The lowest BCUT2D eigenvalue weighted by molar-refractivity contribution is -0.112. The number of rotatable bonds is 5. The highest BCUT2D eigenvalue weighted by Gasteiger charge is 2.50. The molecule has 2 unspecified atom stereocenters. The first kappa shape index (κ1) is 17.2. The highest BCUT2D eigenvalue weighted by atomic mass is 16.5. The van der Waals surface area contributed by atoms with Crippen molar-refractivity contribution in [1.82, 2.24) is 4.90 Å². The maximum atomic E-state index is 6.83. The number of hydrogen-bond acceptors (Lipinski definition) is 2. The first-order valence-corrected chi connectivity index (χ1v) is 8.85. The van der Waals surface area contributed by atoms with Crippen molar-refractivity contribution < 1.29 is 4.74 Å². The molecule has 128 valence electrons. The van der Waals surface area contributed by atoms with Gasteiger partial charge in [0.25, 0.3) is 0 Å². The highest BCUT2D eigenvalue weighted by molar-refractivity contribution is 5.47. The molecule has 0 fully saturated rings. The molecule has 2 nitrogen and oxygen atoms in total. The van der Waals surface area contributed by atoms with Crippen LogP contribution in [0.3, 0.4) is 0 Å². The van der Waals surface area contributed by atoms with E-state index in [4.69, 9.17) is 4.74 Å². The molecule has 0 saturated carbocycles. The smallest absolute Gasteiger partial charge is 0.120 e. The number of nitrogens with zero attached hydrogens (tertiary/aromatic N) is 1. The Labute approximate surface area is 146 Å². The first-order chi connectivity index (χ1) is 11.3. The fraction of sp³-hybridized carbons (Fsp3) is 0.455. The van der Waals surface area contributed by atoms with Crippen LogP contribution in [0, 0.1) is 5.92 Å². The molecule has 0 amide bonds. The normalized spacial score (nSPS) is 23.2. The quantitative estimate of drug-likeness (QED) is 0.785. The molecule has 1 heterocycles. The maximum Gasteiger partial charge on any atom is 0.120 e. The zero-order chi connectivity index (χ0) is 17.4. The third-order valence-corrected chi connectivity index (χ3v) is 4.99. The topological polar surface area (TPSA) is 12.5 Å². The van der Waals surface area contributed by atoms with Crippen LogP contribution in [0.4, 0.5) is 0 Å². The fourth-order valence-corrected chi connectivity index (χ4v) is 4.28. The van der Waals surface area contributed by atoms with Gasteiger partial charge >= 0.3 is 0 Å².